The Morgan fingerprint density at radius 3 is 1.08 bits per heavy atom. The number of carbonyl (C=O) groups is 2. The van der Waals surface area contributed by atoms with Crippen LogP contribution in [0.5, 0.6) is 0 Å². The molecule has 0 rings (SSSR count). The molecule has 7 heteroatoms. The first-order valence-electron chi connectivity index (χ1n) is 2.66. The largest absolute Gasteiger partial charge is 0.548 e. The minimum absolute atomic E-state index is 0. The summed E-state index contributed by atoms with van der Waals surface area (Å²) in [5, 5.41) is 33.0. The Balaban J connectivity index is -0.0000000491. The molecule has 13 heavy (non-hydrogen) atoms. The van der Waals surface area contributed by atoms with Gasteiger partial charge >= 0.3 is 0 Å². The van der Waals surface area contributed by atoms with Gasteiger partial charge in [-0.3, -0.25) is 0 Å². The second-order valence-corrected chi connectivity index (χ2v) is 1.06. The van der Waals surface area contributed by atoms with Gasteiger partial charge in [-0.05, 0) is 0 Å². The average molecular weight is 251 g/mol. The molecule has 0 amide bonds. The van der Waals surface area contributed by atoms with E-state index in [0.29, 0.717) is 0 Å². The van der Waals surface area contributed by atoms with Crippen LogP contribution in [0.2, 0.25) is 0 Å². The molecule has 0 saturated heterocycles. The molecule has 0 spiro atoms. The smallest absolute Gasteiger partial charge is 0.0826 e. The predicted molar refractivity (Wildman–Crippen MR) is 41.2 cm³/mol. The van der Waals surface area contributed by atoms with Crippen LogP contribution in [0.1, 0.15) is 0 Å². The summed E-state index contributed by atoms with van der Waals surface area (Å²) in [6, 6.07) is 0. The molecule has 4 radical (unpaired) electrons. The van der Waals surface area contributed by atoms with E-state index >= 15 is 0 Å². The van der Waals surface area contributed by atoms with E-state index in [4.69, 9.17) is 30.0 Å². The fourth-order valence-electron chi connectivity index (χ4n) is 0. The first-order valence-corrected chi connectivity index (χ1v) is 2.66. The van der Waals surface area contributed by atoms with Gasteiger partial charge in [0.15, 0.2) is 0 Å². The van der Waals surface area contributed by atoms with E-state index in [1.165, 1.54) is 0 Å². The van der Waals surface area contributed by atoms with Gasteiger partial charge in [-0.1, -0.05) is 0 Å². The topological polar surface area (TPSA) is 121 Å². The Morgan fingerprint density at radius 2 is 1.08 bits per heavy atom. The van der Waals surface area contributed by atoms with Crippen LogP contribution in [0.15, 0.2) is 13.2 Å². The van der Waals surface area contributed by atoms with E-state index in [-0.39, 0.29) is 17.6 Å². The Bertz CT molecular complexity index is 112. The maximum absolute atomic E-state index is 9.01. The van der Waals surface area contributed by atoms with Gasteiger partial charge in [0.1, 0.15) is 0 Å². The number of aliphatic hydroxyl groups excluding tert-OH is 2. The third-order valence-electron chi connectivity index (χ3n) is 0.258. The van der Waals surface area contributed by atoms with Crippen LogP contribution < -0.4 is 10.2 Å². The molecule has 0 aliphatic rings. The van der Waals surface area contributed by atoms with Gasteiger partial charge < -0.3 is 30.0 Å². The van der Waals surface area contributed by atoms with Gasteiger partial charge in [-0.15, -0.1) is 13.2 Å². The summed E-state index contributed by atoms with van der Waals surface area (Å²) in [6.45, 7) is 4.22. The molecule has 0 atom stereocenters. The van der Waals surface area contributed by atoms with E-state index in [2.05, 4.69) is 13.2 Å². The van der Waals surface area contributed by atoms with Gasteiger partial charge in [0.05, 0.1) is 25.2 Å². The van der Waals surface area contributed by atoms with Crippen LogP contribution in [0.4, 0.5) is 0 Å². The second-order valence-electron chi connectivity index (χ2n) is 1.06. The molecule has 0 heterocycles. The minimum atomic E-state index is -1.44. The summed E-state index contributed by atoms with van der Waals surface area (Å²) in [5.74, 6) is -2.88. The van der Waals surface area contributed by atoms with Crippen molar-refractivity contribution in [1.82, 2.24) is 0 Å². The van der Waals surface area contributed by atoms with Gasteiger partial charge in [0, 0.05) is 17.6 Å². The van der Waals surface area contributed by atoms with Gasteiger partial charge in [0.25, 0.3) is 0 Å². The van der Waals surface area contributed by atoms with Crippen molar-refractivity contribution in [3.63, 3.8) is 0 Å². The normalized spacial score (nSPS) is 6.00. The minimum Gasteiger partial charge on any atom is -0.548 e. The van der Waals surface area contributed by atoms with E-state index in [1.54, 1.807) is 0 Å². The number of carboxylic acids is 2. The summed E-state index contributed by atoms with van der Waals surface area (Å²) >= 11 is 0. The quantitative estimate of drug-likeness (QED) is 0.379. The first kappa shape index (κ1) is 22.7. The molecule has 0 aromatic heterocycles. The van der Waals surface area contributed by atoms with Crippen LogP contribution in [0.3, 0.4) is 0 Å². The molecule has 0 saturated carbocycles. The van der Waals surface area contributed by atoms with Crippen molar-refractivity contribution in [2.45, 2.75) is 0 Å². The third kappa shape index (κ3) is 94.3. The molecular formula is C6H10GeO6-2. The standard InChI is InChI=1S/2C2H4O3.C2H4.Ge/c2*3-1-2(4)5;1-2;/h2*3H,1H2,(H,4,5);1-2H2;/p-2. The zero-order valence-corrected chi connectivity index (χ0v) is 8.95. The fourth-order valence-corrected chi connectivity index (χ4v) is 0. The van der Waals surface area contributed by atoms with Crippen LogP contribution in [-0.4, -0.2) is 53.0 Å². The van der Waals surface area contributed by atoms with E-state index in [1.807, 2.05) is 0 Å². The molecule has 0 aliphatic heterocycles. The number of carboxylic acid groups (broad SMARTS) is 2. The second kappa shape index (κ2) is 22.5. The van der Waals surface area contributed by atoms with Crippen LogP contribution >= 0.6 is 0 Å². The maximum atomic E-state index is 9.01. The third-order valence-corrected chi connectivity index (χ3v) is 0.258. The molecule has 0 aromatic carbocycles. The van der Waals surface area contributed by atoms with Crippen LogP contribution in [0, 0.1) is 0 Å². The van der Waals surface area contributed by atoms with Crippen LogP contribution in [0.25, 0.3) is 0 Å². The van der Waals surface area contributed by atoms with Crippen molar-refractivity contribution in [2.75, 3.05) is 13.2 Å². The van der Waals surface area contributed by atoms with Crippen molar-refractivity contribution < 1.29 is 30.0 Å². The number of hydrogen-bond donors (Lipinski definition) is 2. The SMILES string of the molecule is C=C.O=C([O-])CO.O=C([O-])CO.[Ge]. The molecule has 2 N–H and O–H groups in total. The van der Waals surface area contributed by atoms with Gasteiger partial charge in [-0.2, -0.15) is 0 Å². The van der Waals surface area contributed by atoms with Crippen molar-refractivity contribution in [3.05, 3.63) is 13.2 Å². The number of carbonyl (C=O) groups excluding carboxylic acids is 2. The van der Waals surface area contributed by atoms with Crippen molar-refractivity contribution in [3.8, 4) is 0 Å². The summed E-state index contributed by atoms with van der Waals surface area (Å²) in [7, 11) is 0. The van der Waals surface area contributed by atoms with Crippen molar-refractivity contribution in [2.24, 2.45) is 0 Å². The first-order chi connectivity index (χ1) is 5.54. The Labute approximate surface area is 86.5 Å². The number of hydrogen-bond acceptors (Lipinski definition) is 6. The zero-order valence-electron chi connectivity index (χ0n) is 6.86. The molecule has 0 fully saturated rings. The summed E-state index contributed by atoms with van der Waals surface area (Å²) in [4.78, 5) is 18.0. The van der Waals surface area contributed by atoms with E-state index in [9.17, 15) is 0 Å². The van der Waals surface area contributed by atoms with Crippen LogP contribution in [-0.2, 0) is 9.59 Å². The van der Waals surface area contributed by atoms with Gasteiger partial charge in [0.2, 0.25) is 0 Å². The summed E-state index contributed by atoms with van der Waals surface area (Å²) < 4.78 is 0. The molecule has 0 aliphatic carbocycles. The van der Waals surface area contributed by atoms with Crippen molar-refractivity contribution >= 4 is 29.5 Å². The molecule has 0 unspecified atom stereocenters. The Kier molecular flexibility index (Phi) is 39.3. The van der Waals surface area contributed by atoms with Crippen molar-refractivity contribution in [1.29, 1.82) is 0 Å². The average Bonchev–Trinajstić information content (AvgIpc) is 2.09. The molecule has 76 valence electrons. The maximum Gasteiger partial charge on any atom is 0.0826 e. The van der Waals surface area contributed by atoms with E-state index < -0.39 is 25.2 Å². The summed E-state index contributed by atoms with van der Waals surface area (Å²) in [6.07, 6.45) is 0. The predicted octanol–water partition coefficient (Wildman–Crippen LogP) is -4.12. The molecule has 0 bridgehead atoms. The molecule has 6 nitrogen and oxygen atoms in total. The Hall–Kier alpha value is -0.857. The Morgan fingerprint density at radius 1 is 1.00 bits per heavy atom. The fraction of sp³-hybridized carbons (Fsp3) is 0.333. The number of rotatable bonds is 2. The summed E-state index contributed by atoms with van der Waals surface area (Å²) in [5.41, 5.74) is 0. The molecule has 0 aromatic rings. The van der Waals surface area contributed by atoms with Gasteiger partial charge in [-0.25, -0.2) is 0 Å². The number of aliphatic carboxylic acids is 2. The monoisotopic (exact) mass is 252 g/mol. The molecular weight excluding hydrogens is 241 g/mol. The van der Waals surface area contributed by atoms with E-state index in [0.717, 1.165) is 0 Å². The zero-order chi connectivity index (χ0) is 10.6. The number of aliphatic hydroxyl groups is 2.